The molecule has 2 aliphatic rings. The Balaban J connectivity index is 1.79. The van der Waals surface area contributed by atoms with Gasteiger partial charge >= 0.3 is 0 Å². The summed E-state index contributed by atoms with van der Waals surface area (Å²) in [4.78, 5) is 0. The molecule has 0 atom stereocenters. The quantitative estimate of drug-likeness (QED) is 0.850. The molecule has 0 radical (unpaired) electrons. The van der Waals surface area contributed by atoms with Crippen molar-refractivity contribution >= 4 is 5.69 Å². The number of hydrogen-bond acceptors (Lipinski definition) is 2. The van der Waals surface area contributed by atoms with Crippen LogP contribution in [0.25, 0.3) is 0 Å². The molecule has 1 heterocycles. The average Bonchev–Trinajstić information content (AvgIpc) is 2.43. The molecule has 1 aliphatic carbocycles. The Morgan fingerprint density at radius 2 is 2.05 bits per heavy atom. The summed E-state index contributed by atoms with van der Waals surface area (Å²) >= 11 is 0. The van der Waals surface area contributed by atoms with E-state index in [1.54, 1.807) is 0 Å². The molecule has 1 aromatic carbocycles. The molecule has 0 amide bonds. The molecule has 19 heavy (non-hydrogen) atoms. The zero-order valence-corrected chi connectivity index (χ0v) is 12.2. The standard InChI is InChI=1S/C17H25NO/c1-13-8-10-17(2,11-9-13)19-15-7-3-5-14-6-4-12-18-16(14)15/h3,5,7,13,18H,4,6,8-12H2,1-2H3. The van der Waals surface area contributed by atoms with E-state index in [9.17, 15) is 0 Å². The zero-order valence-electron chi connectivity index (χ0n) is 12.2. The van der Waals surface area contributed by atoms with Gasteiger partial charge in [-0.1, -0.05) is 19.1 Å². The van der Waals surface area contributed by atoms with Crippen molar-refractivity contribution in [3.8, 4) is 5.75 Å². The lowest BCUT2D eigenvalue weighted by molar-refractivity contribution is 0.0359. The average molecular weight is 259 g/mol. The normalized spacial score (nSPS) is 30.3. The highest BCUT2D eigenvalue weighted by Gasteiger charge is 2.32. The number of rotatable bonds is 2. The van der Waals surface area contributed by atoms with Crippen molar-refractivity contribution in [2.45, 2.75) is 58.0 Å². The van der Waals surface area contributed by atoms with Crippen molar-refractivity contribution in [2.75, 3.05) is 11.9 Å². The Kier molecular flexibility index (Phi) is 3.42. The lowest BCUT2D eigenvalue weighted by Crippen LogP contribution is -2.36. The van der Waals surface area contributed by atoms with Crippen LogP contribution >= 0.6 is 0 Å². The minimum atomic E-state index is 0.0285. The number of para-hydroxylation sites is 1. The molecule has 1 saturated carbocycles. The second-order valence-corrected chi connectivity index (χ2v) is 6.56. The summed E-state index contributed by atoms with van der Waals surface area (Å²) in [5.41, 5.74) is 2.69. The van der Waals surface area contributed by atoms with Crippen molar-refractivity contribution in [2.24, 2.45) is 5.92 Å². The Labute approximate surface area is 116 Å². The van der Waals surface area contributed by atoms with Gasteiger partial charge in [0, 0.05) is 6.54 Å². The van der Waals surface area contributed by atoms with Crippen LogP contribution < -0.4 is 10.1 Å². The van der Waals surface area contributed by atoms with E-state index in [1.165, 1.54) is 49.8 Å². The summed E-state index contributed by atoms with van der Waals surface area (Å²) in [6.07, 6.45) is 7.34. The van der Waals surface area contributed by atoms with E-state index in [-0.39, 0.29) is 5.60 Å². The van der Waals surface area contributed by atoms with Gasteiger partial charge in [-0.15, -0.1) is 0 Å². The maximum atomic E-state index is 6.43. The second kappa shape index (κ2) is 5.07. The number of anilines is 1. The summed E-state index contributed by atoms with van der Waals surface area (Å²) in [5, 5.41) is 3.52. The first kappa shape index (κ1) is 12.8. The fraction of sp³-hybridized carbons (Fsp3) is 0.647. The molecule has 0 aromatic heterocycles. The van der Waals surface area contributed by atoms with Crippen LogP contribution in [0.2, 0.25) is 0 Å². The predicted octanol–water partition coefficient (Wildman–Crippen LogP) is 4.39. The lowest BCUT2D eigenvalue weighted by atomic mass is 9.80. The largest absolute Gasteiger partial charge is 0.485 e. The summed E-state index contributed by atoms with van der Waals surface area (Å²) in [6, 6.07) is 6.48. The van der Waals surface area contributed by atoms with Crippen LogP contribution in [0.1, 0.15) is 51.5 Å². The molecule has 0 spiro atoms. The SMILES string of the molecule is CC1CCC(C)(Oc2cccc3c2NCCC3)CC1. The van der Waals surface area contributed by atoms with E-state index in [0.717, 1.165) is 18.2 Å². The molecule has 2 nitrogen and oxygen atoms in total. The van der Waals surface area contributed by atoms with Crippen molar-refractivity contribution in [3.05, 3.63) is 23.8 Å². The van der Waals surface area contributed by atoms with Gasteiger partial charge in [0.15, 0.2) is 0 Å². The smallest absolute Gasteiger partial charge is 0.143 e. The van der Waals surface area contributed by atoms with Gasteiger partial charge in [-0.3, -0.25) is 0 Å². The van der Waals surface area contributed by atoms with Gasteiger partial charge in [-0.2, -0.15) is 0 Å². The van der Waals surface area contributed by atoms with Gasteiger partial charge in [0.25, 0.3) is 0 Å². The van der Waals surface area contributed by atoms with Crippen molar-refractivity contribution in [1.82, 2.24) is 0 Å². The maximum Gasteiger partial charge on any atom is 0.143 e. The van der Waals surface area contributed by atoms with Crippen LogP contribution in [0.3, 0.4) is 0 Å². The van der Waals surface area contributed by atoms with E-state index in [0.29, 0.717) is 0 Å². The minimum absolute atomic E-state index is 0.0285. The molecular weight excluding hydrogens is 234 g/mol. The second-order valence-electron chi connectivity index (χ2n) is 6.56. The summed E-state index contributed by atoms with van der Waals surface area (Å²) < 4.78 is 6.43. The molecule has 1 N–H and O–H groups in total. The predicted molar refractivity (Wildman–Crippen MR) is 79.9 cm³/mol. The van der Waals surface area contributed by atoms with Crippen molar-refractivity contribution in [3.63, 3.8) is 0 Å². The monoisotopic (exact) mass is 259 g/mol. The van der Waals surface area contributed by atoms with Gasteiger partial charge in [0.1, 0.15) is 11.4 Å². The first-order chi connectivity index (χ1) is 9.16. The molecule has 3 rings (SSSR count). The maximum absolute atomic E-state index is 6.43. The molecule has 104 valence electrons. The highest BCUT2D eigenvalue weighted by atomic mass is 16.5. The number of benzene rings is 1. The summed E-state index contributed by atoms with van der Waals surface area (Å²) in [7, 11) is 0. The van der Waals surface area contributed by atoms with Gasteiger partial charge < -0.3 is 10.1 Å². The Morgan fingerprint density at radius 3 is 2.84 bits per heavy atom. The number of nitrogens with one attached hydrogen (secondary N) is 1. The van der Waals surface area contributed by atoms with Crippen LogP contribution in [0.5, 0.6) is 5.75 Å². The summed E-state index contributed by atoms with van der Waals surface area (Å²) in [5.74, 6) is 1.92. The number of fused-ring (bicyclic) bond motifs is 1. The van der Waals surface area contributed by atoms with E-state index in [2.05, 4.69) is 37.4 Å². The van der Waals surface area contributed by atoms with Gasteiger partial charge in [0.05, 0.1) is 5.69 Å². The van der Waals surface area contributed by atoms with Crippen LogP contribution in [0.15, 0.2) is 18.2 Å². The fourth-order valence-electron chi connectivity index (χ4n) is 3.30. The Hall–Kier alpha value is -1.18. The van der Waals surface area contributed by atoms with E-state index >= 15 is 0 Å². The Bertz CT molecular complexity index is 447. The highest BCUT2D eigenvalue weighted by molar-refractivity contribution is 5.63. The molecule has 1 aliphatic heterocycles. The molecular formula is C17H25NO. The van der Waals surface area contributed by atoms with Crippen LogP contribution in [0, 0.1) is 5.92 Å². The highest BCUT2D eigenvalue weighted by Crippen LogP contribution is 2.39. The lowest BCUT2D eigenvalue weighted by Gasteiger charge is -2.37. The molecule has 0 saturated heterocycles. The van der Waals surface area contributed by atoms with Gasteiger partial charge in [0.2, 0.25) is 0 Å². The topological polar surface area (TPSA) is 21.3 Å². The third-order valence-electron chi connectivity index (χ3n) is 4.73. The van der Waals surface area contributed by atoms with Crippen molar-refractivity contribution < 1.29 is 4.74 Å². The summed E-state index contributed by atoms with van der Waals surface area (Å²) in [6.45, 7) is 5.70. The molecule has 0 unspecified atom stereocenters. The minimum Gasteiger partial charge on any atom is -0.485 e. The third kappa shape index (κ3) is 2.72. The van der Waals surface area contributed by atoms with Crippen molar-refractivity contribution in [1.29, 1.82) is 0 Å². The zero-order chi connectivity index (χ0) is 13.3. The van der Waals surface area contributed by atoms with Crippen LogP contribution in [0.4, 0.5) is 5.69 Å². The van der Waals surface area contributed by atoms with E-state index in [1.807, 2.05) is 0 Å². The number of aryl methyl sites for hydroxylation is 1. The first-order valence-electron chi connectivity index (χ1n) is 7.71. The third-order valence-corrected chi connectivity index (χ3v) is 4.73. The number of ether oxygens (including phenoxy) is 1. The molecule has 2 heteroatoms. The van der Waals surface area contributed by atoms with Gasteiger partial charge in [-0.05, 0) is 63.0 Å². The first-order valence-corrected chi connectivity index (χ1v) is 7.71. The molecule has 0 bridgehead atoms. The van der Waals surface area contributed by atoms with Crippen LogP contribution in [-0.2, 0) is 6.42 Å². The van der Waals surface area contributed by atoms with Gasteiger partial charge in [-0.25, -0.2) is 0 Å². The molecule has 1 fully saturated rings. The molecule has 1 aromatic rings. The Morgan fingerprint density at radius 1 is 1.26 bits per heavy atom. The number of hydrogen-bond donors (Lipinski definition) is 1. The van der Waals surface area contributed by atoms with E-state index in [4.69, 9.17) is 4.74 Å². The van der Waals surface area contributed by atoms with E-state index < -0.39 is 0 Å². The fourth-order valence-corrected chi connectivity index (χ4v) is 3.30. The van der Waals surface area contributed by atoms with Crippen LogP contribution in [-0.4, -0.2) is 12.1 Å².